The van der Waals surface area contributed by atoms with Crippen LogP contribution in [0.5, 0.6) is 5.75 Å². The average molecular weight is 336 g/mol. The van der Waals surface area contributed by atoms with E-state index in [0.29, 0.717) is 12.5 Å². The highest BCUT2D eigenvalue weighted by Gasteiger charge is 2.09. The number of para-hydroxylation sites is 1. The first-order valence-corrected chi connectivity index (χ1v) is 8.14. The Labute approximate surface area is 146 Å². The molecule has 5 nitrogen and oxygen atoms in total. The molecule has 0 saturated heterocycles. The second kappa shape index (κ2) is 7.66. The van der Waals surface area contributed by atoms with Gasteiger partial charge in [-0.25, -0.2) is 4.98 Å². The Bertz CT molecular complexity index is 839. The maximum absolute atomic E-state index is 12.0. The molecular formula is C20H20N2O3. The Balaban J connectivity index is 1.52. The van der Waals surface area contributed by atoms with Crippen LogP contribution in [0, 0.1) is 13.8 Å². The number of nitrogens with one attached hydrogen (secondary N) is 1. The zero-order chi connectivity index (χ0) is 17.6. The lowest BCUT2D eigenvalue weighted by atomic mass is 10.1. The van der Waals surface area contributed by atoms with Gasteiger partial charge in [0.05, 0.1) is 13.0 Å². The maximum atomic E-state index is 12.0. The van der Waals surface area contributed by atoms with Crippen LogP contribution >= 0.6 is 0 Å². The van der Waals surface area contributed by atoms with Crippen LogP contribution in [0.15, 0.2) is 59.0 Å². The van der Waals surface area contributed by atoms with Gasteiger partial charge in [-0.2, -0.15) is 0 Å². The highest BCUT2D eigenvalue weighted by Crippen LogP contribution is 2.24. The molecule has 128 valence electrons. The fourth-order valence-electron chi connectivity index (χ4n) is 2.51. The number of carbonyl (C=O) groups excluding carboxylic acids is 1. The number of amides is 1. The molecule has 0 bridgehead atoms. The molecule has 0 aliphatic carbocycles. The van der Waals surface area contributed by atoms with Gasteiger partial charge >= 0.3 is 0 Å². The standard InChI is InChI=1S/C20H20N2O3/c1-14-20(21-15(2)25-14)16-8-10-17(11-9-16)22-19(23)12-13-24-18-6-4-3-5-7-18/h3-11H,12-13H2,1-2H3,(H,22,23). The van der Waals surface area contributed by atoms with Crippen LogP contribution in [0.2, 0.25) is 0 Å². The highest BCUT2D eigenvalue weighted by molar-refractivity contribution is 5.91. The molecule has 25 heavy (non-hydrogen) atoms. The van der Waals surface area contributed by atoms with E-state index in [4.69, 9.17) is 9.15 Å². The second-order valence-corrected chi connectivity index (χ2v) is 5.67. The van der Waals surface area contributed by atoms with Crippen LogP contribution in [0.25, 0.3) is 11.3 Å². The van der Waals surface area contributed by atoms with Gasteiger partial charge in [0, 0.05) is 18.2 Å². The zero-order valence-electron chi connectivity index (χ0n) is 14.3. The normalized spacial score (nSPS) is 10.5. The Morgan fingerprint density at radius 3 is 2.44 bits per heavy atom. The number of ether oxygens (including phenoxy) is 1. The molecule has 3 aromatic rings. The molecule has 1 N–H and O–H groups in total. The van der Waals surface area contributed by atoms with Gasteiger partial charge in [0.2, 0.25) is 5.91 Å². The number of aryl methyl sites for hydroxylation is 2. The van der Waals surface area contributed by atoms with Gasteiger partial charge < -0.3 is 14.5 Å². The van der Waals surface area contributed by atoms with E-state index in [2.05, 4.69) is 10.3 Å². The largest absolute Gasteiger partial charge is 0.493 e. The van der Waals surface area contributed by atoms with Crippen molar-refractivity contribution in [3.05, 3.63) is 66.2 Å². The van der Waals surface area contributed by atoms with Crippen molar-refractivity contribution < 1.29 is 13.9 Å². The van der Waals surface area contributed by atoms with Gasteiger partial charge in [0.25, 0.3) is 0 Å². The molecule has 5 heteroatoms. The van der Waals surface area contributed by atoms with E-state index in [-0.39, 0.29) is 12.3 Å². The highest BCUT2D eigenvalue weighted by atomic mass is 16.5. The number of carbonyl (C=O) groups is 1. The van der Waals surface area contributed by atoms with Crippen LogP contribution < -0.4 is 10.1 Å². The molecule has 1 aromatic heterocycles. The minimum Gasteiger partial charge on any atom is -0.493 e. The predicted molar refractivity (Wildman–Crippen MR) is 96.6 cm³/mol. The van der Waals surface area contributed by atoms with Crippen molar-refractivity contribution in [2.75, 3.05) is 11.9 Å². The Hall–Kier alpha value is -3.08. The minimum atomic E-state index is -0.0860. The van der Waals surface area contributed by atoms with Gasteiger partial charge in [-0.1, -0.05) is 30.3 Å². The molecule has 0 atom stereocenters. The third-order valence-electron chi connectivity index (χ3n) is 3.69. The summed E-state index contributed by atoms with van der Waals surface area (Å²) in [5.74, 6) is 2.10. The Kier molecular flexibility index (Phi) is 5.14. The van der Waals surface area contributed by atoms with Gasteiger partial charge in [-0.05, 0) is 31.2 Å². The fourth-order valence-corrected chi connectivity index (χ4v) is 2.51. The third kappa shape index (κ3) is 4.47. The molecule has 0 fully saturated rings. The Morgan fingerprint density at radius 2 is 1.80 bits per heavy atom. The Morgan fingerprint density at radius 1 is 1.08 bits per heavy atom. The first kappa shape index (κ1) is 16.8. The lowest BCUT2D eigenvalue weighted by Gasteiger charge is -2.08. The van der Waals surface area contributed by atoms with Crippen molar-refractivity contribution in [1.29, 1.82) is 0 Å². The molecule has 0 aliphatic heterocycles. The summed E-state index contributed by atoms with van der Waals surface area (Å²) >= 11 is 0. The number of nitrogens with zero attached hydrogens (tertiary/aromatic N) is 1. The van der Waals surface area contributed by atoms with Crippen LogP contribution in [0.4, 0.5) is 5.69 Å². The smallest absolute Gasteiger partial charge is 0.227 e. The van der Waals surface area contributed by atoms with Crippen molar-refractivity contribution in [1.82, 2.24) is 4.98 Å². The average Bonchev–Trinajstić information content (AvgIpc) is 2.95. The van der Waals surface area contributed by atoms with Crippen molar-refractivity contribution >= 4 is 11.6 Å². The minimum absolute atomic E-state index is 0.0860. The molecule has 0 unspecified atom stereocenters. The van der Waals surface area contributed by atoms with Crippen LogP contribution in [-0.2, 0) is 4.79 Å². The molecule has 0 spiro atoms. The monoisotopic (exact) mass is 336 g/mol. The van der Waals surface area contributed by atoms with E-state index in [1.54, 1.807) is 0 Å². The van der Waals surface area contributed by atoms with Crippen molar-refractivity contribution in [3.8, 4) is 17.0 Å². The van der Waals surface area contributed by atoms with E-state index >= 15 is 0 Å². The molecule has 3 rings (SSSR count). The number of anilines is 1. The van der Waals surface area contributed by atoms with E-state index in [0.717, 1.165) is 28.5 Å². The summed E-state index contributed by atoms with van der Waals surface area (Å²) in [5.41, 5.74) is 2.53. The number of hydrogen-bond acceptors (Lipinski definition) is 4. The van der Waals surface area contributed by atoms with Crippen molar-refractivity contribution in [2.45, 2.75) is 20.3 Å². The summed E-state index contributed by atoms with van der Waals surface area (Å²) in [7, 11) is 0. The summed E-state index contributed by atoms with van der Waals surface area (Å²) in [4.78, 5) is 16.4. The van der Waals surface area contributed by atoms with Gasteiger partial charge in [0.15, 0.2) is 5.89 Å². The van der Waals surface area contributed by atoms with Gasteiger partial charge in [-0.3, -0.25) is 4.79 Å². The molecule has 0 saturated carbocycles. The van der Waals surface area contributed by atoms with Crippen LogP contribution in [0.1, 0.15) is 18.1 Å². The maximum Gasteiger partial charge on any atom is 0.227 e. The number of oxazole rings is 1. The molecule has 0 radical (unpaired) electrons. The molecule has 2 aromatic carbocycles. The number of rotatable bonds is 6. The predicted octanol–water partition coefficient (Wildman–Crippen LogP) is 4.37. The first-order valence-electron chi connectivity index (χ1n) is 8.14. The topological polar surface area (TPSA) is 64.4 Å². The van der Waals surface area contributed by atoms with Crippen LogP contribution in [0.3, 0.4) is 0 Å². The molecule has 0 aliphatic rings. The number of benzene rings is 2. The summed E-state index contributed by atoms with van der Waals surface area (Å²) in [6.45, 7) is 4.05. The van der Waals surface area contributed by atoms with E-state index in [9.17, 15) is 4.79 Å². The van der Waals surface area contributed by atoms with Crippen molar-refractivity contribution in [3.63, 3.8) is 0 Å². The molecule has 1 heterocycles. The summed E-state index contributed by atoms with van der Waals surface area (Å²) in [6, 6.07) is 17.0. The lowest BCUT2D eigenvalue weighted by molar-refractivity contribution is -0.116. The number of hydrogen-bond donors (Lipinski definition) is 1. The quantitative estimate of drug-likeness (QED) is 0.726. The fraction of sp³-hybridized carbons (Fsp3) is 0.200. The lowest BCUT2D eigenvalue weighted by Crippen LogP contribution is -2.15. The first-order chi connectivity index (χ1) is 12.1. The summed E-state index contributed by atoms with van der Waals surface area (Å²) in [6.07, 6.45) is 0.290. The molecule has 1 amide bonds. The zero-order valence-corrected chi connectivity index (χ0v) is 14.3. The summed E-state index contributed by atoms with van der Waals surface area (Å²) < 4.78 is 11.0. The molecular weight excluding hydrogens is 316 g/mol. The van der Waals surface area contributed by atoms with Crippen molar-refractivity contribution in [2.24, 2.45) is 0 Å². The number of aromatic nitrogens is 1. The van der Waals surface area contributed by atoms with Gasteiger partial charge in [-0.15, -0.1) is 0 Å². The van der Waals surface area contributed by atoms with Gasteiger partial charge in [0.1, 0.15) is 17.2 Å². The van der Waals surface area contributed by atoms with E-state index in [1.165, 1.54) is 0 Å². The van der Waals surface area contributed by atoms with Crippen LogP contribution in [-0.4, -0.2) is 17.5 Å². The SMILES string of the molecule is Cc1nc(-c2ccc(NC(=O)CCOc3ccccc3)cc2)c(C)o1. The van der Waals surface area contributed by atoms with E-state index < -0.39 is 0 Å². The van der Waals surface area contributed by atoms with E-state index in [1.807, 2.05) is 68.4 Å². The summed E-state index contributed by atoms with van der Waals surface area (Å²) in [5, 5.41) is 2.86. The second-order valence-electron chi connectivity index (χ2n) is 5.67. The third-order valence-corrected chi connectivity index (χ3v) is 3.69.